The summed E-state index contributed by atoms with van der Waals surface area (Å²) >= 11 is 3.71. The molecule has 4 nitrogen and oxygen atoms in total. The lowest BCUT2D eigenvalue weighted by atomic mass is 9.96. The number of rotatable bonds is 5. The third-order valence-electron chi connectivity index (χ3n) is 5.72. The summed E-state index contributed by atoms with van der Waals surface area (Å²) in [7, 11) is 1.87. The Balaban J connectivity index is 0.00000243. The van der Waals surface area contributed by atoms with Gasteiger partial charge >= 0.3 is 0 Å². The van der Waals surface area contributed by atoms with Crippen molar-refractivity contribution in [3.63, 3.8) is 0 Å². The normalized spacial score (nSPS) is 20.6. The first-order valence-corrected chi connectivity index (χ1v) is 10.3. The number of hydrogen-bond donors (Lipinski definition) is 2. The molecule has 3 rings (SSSR count). The number of likely N-dealkylation sites (tertiary alicyclic amines) is 1. The molecule has 0 spiro atoms. The maximum absolute atomic E-state index is 4.45. The Kier molecular flexibility index (Phi) is 8.22. The number of aliphatic imine (C=N–C) groups is 1. The molecule has 1 aromatic rings. The number of nitrogens with one attached hydrogen (secondary N) is 2. The lowest BCUT2D eigenvalue weighted by Crippen LogP contribution is -2.50. The van der Waals surface area contributed by atoms with Crippen molar-refractivity contribution in [1.29, 1.82) is 0 Å². The minimum Gasteiger partial charge on any atom is -0.356 e. The van der Waals surface area contributed by atoms with Crippen LogP contribution in [0.1, 0.15) is 45.1 Å². The minimum absolute atomic E-state index is 0. The van der Waals surface area contributed by atoms with Crippen LogP contribution in [0.5, 0.6) is 0 Å². The Morgan fingerprint density at radius 2 is 1.92 bits per heavy atom. The second-order valence-electron chi connectivity index (χ2n) is 7.73. The van der Waals surface area contributed by atoms with Crippen LogP contribution >= 0.6 is 39.9 Å². The number of halogens is 2. The molecule has 146 valence electrons. The number of piperidine rings is 1. The molecule has 1 aromatic carbocycles. The van der Waals surface area contributed by atoms with Crippen molar-refractivity contribution in [1.82, 2.24) is 15.5 Å². The van der Waals surface area contributed by atoms with Crippen molar-refractivity contribution in [3.05, 3.63) is 34.3 Å². The number of hydrogen-bond acceptors (Lipinski definition) is 2. The number of benzene rings is 1. The van der Waals surface area contributed by atoms with E-state index in [9.17, 15) is 0 Å². The van der Waals surface area contributed by atoms with Gasteiger partial charge in [-0.2, -0.15) is 0 Å². The predicted octanol–water partition coefficient (Wildman–Crippen LogP) is 4.14. The lowest BCUT2D eigenvalue weighted by molar-refractivity contribution is 0.167. The molecule has 1 aliphatic heterocycles. The molecule has 0 radical (unpaired) electrons. The van der Waals surface area contributed by atoms with Gasteiger partial charge in [0.05, 0.1) is 0 Å². The summed E-state index contributed by atoms with van der Waals surface area (Å²) in [6, 6.07) is 9.79. The molecule has 26 heavy (non-hydrogen) atoms. The molecular formula is C20H32BrIN4. The van der Waals surface area contributed by atoms with Crippen molar-refractivity contribution < 1.29 is 0 Å². The van der Waals surface area contributed by atoms with Crippen LogP contribution in [0.25, 0.3) is 0 Å². The van der Waals surface area contributed by atoms with Gasteiger partial charge in [-0.3, -0.25) is 4.99 Å². The SMILES string of the molecule is CN=C(NCC1(c2ccccc2Br)CC1)NC1CCN(C(C)C)CC1.I. The minimum atomic E-state index is 0. The molecule has 1 heterocycles. The molecule has 0 bridgehead atoms. The first kappa shape index (κ1) is 22.0. The molecule has 0 atom stereocenters. The highest BCUT2D eigenvalue weighted by molar-refractivity contribution is 14.0. The first-order chi connectivity index (χ1) is 12.0. The Morgan fingerprint density at radius 3 is 2.46 bits per heavy atom. The van der Waals surface area contributed by atoms with Gasteiger partial charge < -0.3 is 15.5 Å². The van der Waals surface area contributed by atoms with Crippen LogP contribution in [0.15, 0.2) is 33.7 Å². The van der Waals surface area contributed by atoms with E-state index in [4.69, 9.17) is 0 Å². The zero-order valence-electron chi connectivity index (χ0n) is 16.1. The van der Waals surface area contributed by atoms with Gasteiger partial charge in [0.15, 0.2) is 5.96 Å². The van der Waals surface area contributed by atoms with Gasteiger partial charge in [0.25, 0.3) is 0 Å². The largest absolute Gasteiger partial charge is 0.356 e. The maximum Gasteiger partial charge on any atom is 0.191 e. The average molecular weight is 535 g/mol. The third-order valence-corrected chi connectivity index (χ3v) is 6.41. The second-order valence-corrected chi connectivity index (χ2v) is 8.59. The zero-order valence-corrected chi connectivity index (χ0v) is 20.0. The van der Waals surface area contributed by atoms with E-state index in [0.29, 0.717) is 12.1 Å². The smallest absolute Gasteiger partial charge is 0.191 e. The summed E-state index contributed by atoms with van der Waals surface area (Å²) in [5.41, 5.74) is 1.68. The molecule has 1 saturated carbocycles. The van der Waals surface area contributed by atoms with Gasteiger partial charge in [0.2, 0.25) is 0 Å². The molecule has 2 N–H and O–H groups in total. The summed E-state index contributed by atoms with van der Waals surface area (Å²) in [4.78, 5) is 7.01. The van der Waals surface area contributed by atoms with Crippen molar-refractivity contribution in [2.75, 3.05) is 26.7 Å². The summed E-state index contributed by atoms with van der Waals surface area (Å²) in [6.45, 7) is 7.86. The molecule has 0 unspecified atom stereocenters. The van der Waals surface area contributed by atoms with Gasteiger partial charge in [-0.25, -0.2) is 0 Å². The molecule has 2 fully saturated rings. The van der Waals surface area contributed by atoms with Crippen LogP contribution in [0.3, 0.4) is 0 Å². The molecule has 2 aliphatic rings. The van der Waals surface area contributed by atoms with E-state index in [2.05, 4.69) is 74.6 Å². The van der Waals surface area contributed by atoms with Gasteiger partial charge in [0, 0.05) is 48.7 Å². The summed E-state index contributed by atoms with van der Waals surface area (Å²) < 4.78 is 1.22. The topological polar surface area (TPSA) is 39.7 Å². The van der Waals surface area contributed by atoms with Crippen LogP contribution in [-0.2, 0) is 5.41 Å². The van der Waals surface area contributed by atoms with Gasteiger partial charge in [-0.05, 0) is 51.2 Å². The molecule has 6 heteroatoms. The second kappa shape index (κ2) is 9.73. The predicted molar refractivity (Wildman–Crippen MR) is 125 cm³/mol. The quantitative estimate of drug-likeness (QED) is 0.339. The Morgan fingerprint density at radius 1 is 1.27 bits per heavy atom. The fourth-order valence-electron chi connectivity index (χ4n) is 3.78. The highest BCUT2D eigenvalue weighted by Crippen LogP contribution is 2.49. The van der Waals surface area contributed by atoms with Gasteiger partial charge in [-0.1, -0.05) is 34.1 Å². The van der Waals surface area contributed by atoms with E-state index < -0.39 is 0 Å². The standard InChI is InChI=1S/C20H31BrN4.HI/c1-15(2)25-12-8-16(9-13-25)24-19(22-3)23-14-20(10-11-20)17-6-4-5-7-18(17)21;/h4-7,15-16H,8-14H2,1-3H3,(H2,22,23,24);1H. The Hall–Kier alpha value is -0.340. The maximum atomic E-state index is 4.45. The van der Waals surface area contributed by atoms with Gasteiger partial charge in [-0.15, -0.1) is 24.0 Å². The number of guanidine groups is 1. The summed E-state index contributed by atoms with van der Waals surface area (Å²) in [5, 5.41) is 7.22. The van der Waals surface area contributed by atoms with E-state index in [1.165, 1.54) is 48.8 Å². The van der Waals surface area contributed by atoms with E-state index in [1.54, 1.807) is 0 Å². The summed E-state index contributed by atoms with van der Waals surface area (Å²) in [5.74, 6) is 0.946. The first-order valence-electron chi connectivity index (χ1n) is 9.50. The number of nitrogens with zero attached hydrogens (tertiary/aromatic N) is 2. The van der Waals surface area contributed by atoms with Crippen molar-refractivity contribution in [3.8, 4) is 0 Å². The van der Waals surface area contributed by atoms with Gasteiger partial charge in [0.1, 0.15) is 0 Å². The monoisotopic (exact) mass is 534 g/mol. The Labute approximate surface area is 183 Å². The van der Waals surface area contributed by atoms with E-state index in [0.717, 1.165) is 12.5 Å². The van der Waals surface area contributed by atoms with E-state index >= 15 is 0 Å². The molecular weight excluding hydrogens is 503 g/mol. The van der Waals surface area contributed by atoms with Crippen LogP contribution < -0.4 is 10.6 Å². The van der Waals surface area contributed by atoms with Crippen molar-refractivity contribution >= 4 is 45.9 Å². The Bertz CT molecular complexity index is 608. The lowest BCUT2D eigenvalue weighted by Gasteiger charge is -2.35. The third kappa shape index (κ3) is 5.35. The summed E-state index contributed by atoms with van der Waals surface area (Å²) in [6.07, 6.45) is 4.86. The fourth-order valence-corrected chi connectivity index (χ4v) is 4.49. The average Bonchev–Trinajstić information content (AvgIpc) is 3.40. The van der Waals surface area contributed by atoms with Crippen LogP contribution in [0.2, 0.25) is 0 Å². The van der Waals surface area contributed by atoms with Crippen LogP contribution in [-0.4, -0.2) is 49.6 Å². The van der Waals surface area contributed by atoms with Crippen LogP contribution in [0.4, 0.5) is 0 Å². The van der Waals surface area contributed by atoms with Crippen molar-refractivity contribution in [2.45, 2.75) is 57.0 Å². The van der Waals surface area contributed by atoms with Crippen molar-refractivity contribution in [2.24, 2.45) is 4.99 Å². The molecule has 1 saturated heterocycles. The fraction of sp³-hybridized carbons (Fsp3) is 0.650. The highest BCUT2D eigenvalue weighted by Gasteiger charge is 2.45. The molecule has 0 amide bonds. The highest BCUT2D eigenvalue weighted by atomic mass is 127. The molecule has 1 aliphatic carbocycles. The van der Waals surface area contributed by atoms with Crippen LogP contribution in [0, 0.1) is 0 Å². The zero-order chi connectivity index (χ0) is 17.9. The molecule has 0 aromatic heterocycles. The van der Waals surface area contributed by atoms with E-state index in [1.807, 2.05) is 7.05 Å². The van der Waals surface area contributed by atoms with E-state index in [-0.39, 0.29) is 29.4 Å².